The molecule has 0 radical (unpaired) electrons. The first-order valence-corrected chi connectivity index (χ1v) is 12.2. The molecule has 1 atom stereocenters. The number of benzene rings is 2. The highest BCUT2D eigenvalue weighted by atomic mass is 16.5. The van der Waals surface area contributed by atoms with Gasteiger partial charge in [0.1, 0.15) is 24.1 Å². The summed E-state index contributed by atoms with van der Waals surface area (Å²) in [7, 11) is 2.13. The number of nitrogens with zero attached hydrogens (tertiary/aromatic N) is 3. The molecule has 1 amide bonds. The molecule has 2 aliphatic rings. The van der Waals surface area contributed by atoms with Gasteiger partial charge in [0, 0.05) is 38.8 Å². The van der Waals surface area contributed by atoms with Crippen LogP contribution in [0.15, 0.2) is 59.7 Å². The second-order valence-electron chi connectivity index (χ2n) is 9.06. The number of ether oxygens (including phenoxy) is 2. The lowest BCUT2D eigenvalue weighted by Gasteiger charge is -2.31. The number of amides is 1. The van der Waals surface area contributed by atoms with Crippen molar-refractivity contribution >= 4 is 23.1 Å². The molecule has 35 heavy (non-hydrogen) atoms. The Labute approximate surface area is 206 Å². The van der Waals surface area contributed by atoms with E-state index >= 15 is 0 Å². The molecule has 186 valence electrons. The van der Waals surface area contributed by atoms with Crippen LogP contribution in [-0.2, 0) is 20.9 Å². The molecule has 8 nitrogen and oxygen atoms in total. The topological polar surface area (TPSA) is 83.5 Å². The van der Waals surface area contributed by atoms with Crippen LogP contribution in [0.25, 0.3) is 0 Å². The molecular weight excluding hydrogens is 444 g/mol. The highest BCUT2D eigenvalue weighted by molar-refractivity contribution is 6.40. The second-order valence-corrected chi connectivity index (χ2v) is 9.06. The minimum Gasteiger partial charge on any atom is -0.492 e. The molecule has 2 aliphatic heterocycles. The van der Waals surface area contributed by atoms with Gasteiger partial charge in [-0.25, -0.2) is 0 Å². The number of rotatable bonds is 10. The van der Waals surface area contributed by atoms with E-state index in [0.717, 1.165) is 49.6 Å². The highest BCUT2D eigenvalue weighted by Crippen LogP contribution is 2.25. The number of carbonyl (C=O) groups excluding carboxylic acids is 2. The average Bonchev–Trinajstić information content (AvgIpc) is 3.35. The van der Waals surface area contributed by atoms with E-state index in [4.69, 9.17) is 9.47 Å². The molecular formula is C27H34N4O4. The van der Waals surface area contributed by atoms with Crippen molar-refractivity contribution in [2.24, 2.45) is 5.10 Å². The maximum absolute atomic E-state index is 12.8. The van der Waals surface area contributed by atoms with Gasteiger partial charge in [-0.15, -0.1) is 0 Å². The summed E-state index contributed by atoms with van der Waals surface area (Å²) in [5.74, 6) is 0.494. The van der Waals surface area contributed by atoms with Gasteiger partial charge in [0.15, 0.2) is 5.78 Å². The van der Waals surface area contributed by atoms with Crippen molar-refractivity contribution in [3.05, 3.63) is 60.2 Å². The summed E-state index contributed by atoms with van der Waals surface area (Å²) in [5, 5.41) is 9.04. The number of likely N-dealkylation sites (N-methyl/N-ethyl adjacent to an activating group) is 1. The molecule has 0 saturated carbocycles. The minimum absolute atomic E-state index is 0.0206. The lowest BCUT2D eigenvalue weighted by Crippen LogP contribution is -2.38. The molecule has 2 aromatic carbocycles. The molecule has 2 aromatic rings. The Bertz CT molecular complexity index is 1040. The monoisotopic (exact) mass is 478 g/mol. The minimum atomic E-state index is -0.464. The zero-order chi connectivity index (χ0) is 24.6. The molecule has 0 aliphatic carbocycles. The van der Waals surface area contributed by atoms with Gasteiger partial charge < -0.3 is 14.8 Å². The normalized spacial score (nSPS) is 18.4. The van der Waals surface area contributed by atoms with Crippen LogP contribution in [0.2, 0.25) is 0 Å². The summed E-state index contributed by atoms with van der Waals surface area (Å²) < 4.78 is 11.4. The van der Waals surface area contributed by atoms with E-state index in [2.05, 4.69) is 22.4 Å². The zero-order valence-corrected chi connectivity index (χ0v) is 20.5. The number of hydrogen-bond acceptors (Lipinski definition) is 7. The molecule has 0 aromatic heterocycles. The van der Waals surface area contributed by atoms with Gasteiger partial charge in [-0.05, 0) is 56.6 Å². The zero-order valence-electron chi connectivity index (χ0n) is 20.5. The van der Waals surface area contributed by atoms with Crippen LogP contribution in [-0.4, -0.2) is 67.8 Å². The lowest BCUT2D eigenvalue weighted by atomic mass is 10.1. The van der Waals surface area contributed by atoms with Crippen molar-refractivity contribution in [3.8, 4) is 5.75 Å². The summed E-state index contributed by atoms with van der Waals surface area (Å²) in [6.07, 6.45) is 2.42. The number of ketones is 1. The number of carbonyl (C=O) groups is 2. The summed E-state index contributed by atoms with van der Waals surface area (Å²) >= 11 is 0. The maximum atomic E-state index is 12.8. The maximum Gasteiger partial charge on any atom is 0.267 e. The fourth-order valence-electron chi connectivity index (χ4n) is 4.43. The third kappa shape index (κ3) is 6.68. The smallest absolute Gasteiger partial charge is 0.267 e. The van der Waals surface area contributed by atoms with Gasteiger partial charge in [-0.3, -0.25) is 19.5 Å². The van der Waals surface area contributed by atoms with E-state index in [-0.39, 0.29) is 11.7 Å². The Kier molecular flexibility index (Phi) is 8.50. The molecule has 1 saturated heterocycles. The Morgan fingerprint density at radius 3 is 2.66 bits per heavy atom. The van der Waals surface area contributed by atoms with Gasteiger partial charge in [0.25, 0.3) is 5.91 Å². The van der Waals surface area contributed by atoms with Crippen molar-refractivity contribution < 1.29 is 19.1 Å². The van der Waals surface area contributed by atoms with Crippen molar-refractivity contribution in [2.45, 2.75) is 44.8 Å². The fraction of sp³-hybridized carbons (Fsp3) is 0.444. The van der Waals surface area contributed by atoms with Crippen molar-refractivity contribution in [2.75, 3.05) is 38.4 Å². The predicted octanol–water partition coefficient (Wildman–Crippen LogP) is 3.02. The van der Waals surface area contributed by atoms with Crippen molar-refractivity contribution in [1.82, 2.24) is 10.2 Å². The number of para-hydroxylation sites is 1. The lowest BCUT2D eigenvalue weighted by molar-refractivity contribution is -0.118. The third-order valence-electron chi connectivity index (χ3n) is 6.54. The molecule has 8 heteroatoms. The summed E-state index contributed by atoms with van der Waals surface area (Å²) in [6, 6.07) is 17.3. The molecule has 0 bridgehead atoms. The van der Waals surface area contributed by atoms with Crippen LogP contribution in [0.3, 0.4) is 0 Å². The molecule has 1 N–H and O–H groups in total. The first-order valence-electron chi connectivity index (χ1n) is 12.2. The van der Waals surface area contributed by atoms with E-state index in [1.807, 2.05) is 54.6 Å². The Morgan fingerprint density at radius 1 is 1.14 bits per heavy atom. The van der Waals surface area contributed by atoms with Gasteiger partial charge in [-0.2, -0.15) is 5.10 Å². The summed E-state index contributed by atoms with van der Waals surface area (Å²) in [6.45, 7) is 4.99. The Morgan fingerprint density at radius 2 is 1.91 bits per heavy atom. The molecule has 1 fully saturated rings. The summed E-state index contributed by atoms with van der Waals surface area (Å²) in [5.41, 5.74) is 2.09. The number of nitrogens with one attached hydrogen (secondary N) is 1. The Hall–Kier alpha value is -3.23. The number of hydrogen-bond donors (Lipinski definition) is 1. The van der Waals surface area contributed by atoms with E-state index in [1.54, 1.807) is 5.01 Å². The van der Waals surface area contributed by atoms with Crippen LogP contribution in [0.1, 0.15) is 31.7 Å². The van der Waals surface area contributed by atoms with E-state index in [9.17, 15) is 9.59 Å². The molecule has 2 heterocycles. The molecule has 4 rings (SSSR count). The van der Waals surface area contributed by atoms with Crippen LogP contribution >= 0.6 is 0 Å². The van der Waals surface area contributed by atoms with Gasteiger partial charge in [0.05, 0.1) is 5.69 Å². The van der Waals surface area contributed by atoms with Gasteiger partial charge in [0.2, 0.25) is 0 Å². The van der Waals surface area contributed by atoms with Crippen LogP contribution in [0, 0.1) is 0 Å². The average molecular weight is 479 g/mol. The molecule has 0 spiro atoms. The number of Topliss-reactive ketones (excluding diaryl/α,β-unsaturated/α-hetero) is 1. The standard InChI is InChI=1S/C27H34N4O4/c1-20(32)26-18-25(29-31(26)23-8-4-3-5-9-23)27(33)28-19-21-7-6-10-24(17-21)35-16-13-30(2)22-11-14-34-15-12-22/h3-10,17,22,26H,11-16,18-19H2,1-2H3,(H,28,33). The largest absolute Gasteiger partial charge is 0.492 e. The number of anilines is 1. The third-order valence-corrected chi connectivity index (χ3v) is 6.54. The van der Waals surface area contributed by atoms with E-state index < -0.39 is 6.04 Å². The predicted molar refractivity (Wildman–Crippen MR) is 136 cm³/mol. The highest BCUT2D eigenvalue weighted by Gasteiger charge is 2.34. The van der Waals surface area contributed by atoms with Crippen LogP contribution < -0.4 is 15.1 Å². The van der Waals surface area contributed by atoms with Crippen molar-refractivity contribution in [1.29, 1.82) is 0 Å². The van der Waals surface area contributed by atoms with E-state index in [1.165, 1.54) is 6.92 Å². The first kappa shape index (κ1) is 24.9. The van der Waals surface area contributed by atoms with Crippen LogP contribution in [0.4, 0.5) is 5.69 Å². The second kappa shape index (κ2) is 12.0. The molecule has 1 unspecified atom stereocenters. The van der Waals surface area contributed by atoms with Crippen molar-refractivity contribution in [3.63, 3.8) is 0 Å². The number of hydrazone groups is 1. The SMILES string of the molecule is CC(=O)C1CC(C(=O)NCc2cccc(OCCN(C)C3CCOCC3)c2)=NN1c1ccccc1. The first-order chi connectivity index (χ1) is 17.0. The van der Waals surface area contributed by atoms with Gasteiger partial charge >= 0.3 is 0 Å². The summed E-state index contributed by atoms with van der Waals surface area (Å²) in [4.78, 5) is 27.3. The van der Waals surface area contributed by atoms with E-state index in [0.29, 0.717) is 31.3 Å². The Balaban J connectivity index is 1.29. The fourth-order valence-corrected chi connectivity index (χ4v) is 4.43. The quantitative estimate of drug-likeness (QED) is 0.565. The van der Waals surface area contributed by atoms with Gasteiger partial charge in [-0.1, -0.05) is 30.3 Å². The van der Waals surface area contributed by atoms with Crippen LogP contribution in [0.5, 0.6) is 5.75 Å².